The third-order valence-electron chi connectivity index (χ3n) is 5.22. The molecule has 0 spiro atoms. The Hall–Kier alpha value is -1.15. The fourth-order valence-electron chi connectivity index (χ4n) is 3.55. The number of hydrogen-bond acceptors (Lipinski definition) is 4. The standard InChI is InChI=1S/C18H25ClN2O4S/c1-13-4-2-3-5-17(13)20-18(22)15-12-14(6-7-16(15)19)26(23,24)21-8-10-25-11-9-21/h6-7,12-13,17H,2-5,8-11H2,1H3,(H,20,22)/t13-,17-/m1/s1. The van der Waals surface area contributed by atoms with Crippen molar-refractivity contribution in [2.45, 2.75) is 43.5 Å². The Morgan fingerprint density at radius 3 is 2.62 bits per heavy atom. The molecule has 2 fully saturated rings. The Kier molecular flexibility index (Phi) is 6.22. The highest BCUT2D eigenvalue weighted by Gasteiger charge is 2.29. The van der Waals surface area contributed by atoms with E-state index < -0.39 is 10.0 Å². The minimum atomic E-state index is -3.66. The minimum Gasteiger partial charge on any atom is -0.379 e. The van der Waals surface area contributed by atoms with Gasteiger partial charge in [0, 0.05) is 19.1 Å². The lowest BCUT2D eigenvalue weighted by atomic mass is 9.86. The molecule has 0 bridgehead atoms. The Balaban J connectivity index is 1.81. The van der Waals surface area contributed by atoms with Gasteiger partial charge in [-0.05, 0) is 37.0 Å². The summed E-state index contributed by atoms with van der Waals surface area (Å²) in [6, 6.07) is 4.42. The maximum atomic E-state index is 12.8. The van der Waals surface area contributed by atoms with Crippen LogP contribution in [0.4, 0.5) is 0 Å². The van der Waals surface area contributed by atoms with E-state index in [1.54, 1.807) is 0 Å². The van der Waals surface area contributed by atoms with Gasteiger partial charge in [-0.1, -0.05) is 31.4 Å². The molecular weight excluding hydrogens is 376 g/mol. The van der Waals surface area contributed by atoms with Crippen LogP contribution in [0.1, 0.15) is 43.0 Å². The molecule has 26 heavy (non-hydrogen) atoms. The van der Waals surface area contributed by atoms with Crippen molar-refractivity contribution in [1.82, 2.24) is 9.62 Å². The van der Waals surface area contributed by atoms with Crippen molar-refractivity contribution in [3.05, 3.63) is 28.8 Å². The molecule has 1 aliphatic carbocycles. The summed E-state index contributed by atoms with van der Waals surface area (Å²) >= 11 is 6.19. The summed E-state index contributed by atoms with van der Waals surface area (Å²) in [5, 5.41) is 3.29. The number of amides is 1. The van der Waals surface area contributed by atoms with E-state index in [1.807, 2.05) is 0 Å². The molecule has 2 atom stereocenters. The van der Waals surface area contributed by atoms with Crippen LogP contribution in [0.3, 0.4) is 0 Å². The van der Waals surface area contributed by atoms with Crippen LogP contribution in [-0.2, 0) is 14.8 Å². The molecule has 1 saturated carbocycles. The van der Waals surface area contributed by atoms with Crippen molar-refractivity contribution in [3.63, 3.8) is 0 Å². The quantitative estimate of drug-likeness (QED) is 0.843. The smallest absolute Gasteiger partial charge is 0.253 e. The van der Waals surface area contributed by atoms with E-state index in [0.717, 1.165) is 19.3 Å². The van der Waals surface area contributed by atoms with Gasteiger partial charge in [-0.15, -0.1) is 0 Å². The SMILES string of the molecule is C[C@@H]1CCCC[C@H]1NC(=O)c1cc(S(=O)(=O)N2CCOCC2)ccc1Cl. The summed E-state index contributed by atoms with van der Waals surface area (Å²) in [5.41, 5.74) is 0.207. The third kappa shape index (κ3) is 4.22. The summed E-state index contributed by atoms with van der Waals surface area (Å²) in [6.07, 6.45) is 4.30. The molecular formula is C18H25ClN2O4S. The first kappa shape index (κ1) is 19.6. The minimum absolute atomic E-state index is 0.0886. The van der Waals surface area contributed by atoms with E-state index in [-0.39, 0.29) is 27.4 Å². The average molecular weight is 401 g/mol. The van der Waals surface area contributed by atoms with Gasteiger partial charge in [-0.25, -0.2) is 8.42 Å². The van der Waals surface area contributed by atoms with E-state index in [4.69, 9.17) is 16.3 Å². The molecule has 1 aromatic rings. The summed E-state index contributed by atoms with van der Waals surface area (Å²) in [5.74, 6) is 0.0968. The van der Waals surface area contributed by atoms with Crippen molar-refractivity contribution in [2.75, 3.05) is 26.3 Å². The molecule has 1 N–H and O–H groups in total. The van der Waals surface area contributed by atoms with Crippen LogP contribution in [0, 0.1) is 5.92 Å². The molecule has 6 nitrogen and oxygen atoms in total. The number of carbonyl (C=O) groups is 1. The van der Waals surface area contributed by atoms with E-state index in [1.165, 1.54) is 28.9 Å². The predicted octanol–water partition coefficient (Wildman–Crippen LogP) is 2.67. The maximum absolute atomic E-state index is 12.8. The van der Waals surface area contributed by atoms with Crippen molar-refractivity contribution in [3.8, 4) is 0 Å². The molecule has 8 heteroatoms. The van der Waals surface area contributed by atoms with Gasteiger partial charge in [-0.3, -0.25) is 4.79 Å². The van der Waals surface area contributed by atoms with Crippen LogP contribution >= 0.6 is 11.6 Å². The van der Waals surface area contributed by atoms with Gasteiger partial charge in [0.05, 0.1) is 28.7 Å². The molecule has 0 aromatic heterocycles. The van der Waals surface area contributed by atoms with Crippen LogP contribution in [0.2, 0.25) is 5.02 Å². The Labute approximate surface area is 159 Å². The monoisotopic (exact) mass is 400 g/mol. The molecule has 1 aliphatic heterocycles. The summed E-state index contributed by atoms with van der Waals surface area (Å²) in [6.45, 7) is 3.50. The number of ether oxygens (including phenoxy) is 1. The van der Waals surface area contributed by atoms with E-state index in [0.29, 0.717) is 32.2 Å². The topological polar surface area (TPSA) is 75.7 Å². The first-order chi connectivity index (χ1) is 12.4. The average Bonchev–Trinajstić information content (AvgIpc) is 2.64. The van der Waals surface area contributed by atoms with Crippen LogP contribution in [0.25, 0.3) is 0 Å². The lowest BCUT2D eigenvalue weighted by Crippen LogP contribution is -2.41. The van der Waals surface area contributed by atoms with Crippen molar-refractivity contribution < 1.29 is 17.9 Å². The molecule has 1 amide bonds. The van der Waals surface area contributed by atoms with E-state index >= 15 is 0 Å². The third-order valence-corrected chi connectivity index (χ3v) is 7.44. The first-order valence-corrected chi connectivity index (χ1v) is 10.9. The van der Waals surface area contributed by atoms with Gasteiger partial charge in [0.25, 0.3) is 5.91 Å². The molecule has 3 rings (SSSR count). The van der Waals surface area contributed by atoms with Gasteiger partial charge >= 0.3 is 0 Å². The lowest BCUT2D eigenvalue weighted by molar-refractivity contribution is 0.0730. The van der Waals surface area contributed by atoms with Gasteiger partial charge in [-0.2, -0.15) is 4.31 Å². The number of carbonyl (C=O) groups excluding carboxylic acids is 1. The molecule has 1 saturated heterocycles. The normalized spacial score (nSPS) is 25.0. The second-order valence-corrected chi connectivity index (χ2v) is 9.34. The van der Waals surface area contributed by atoms with Crippen molar-refractivity contribution in [1.29, 1.82) is 0 Å². The lowest BCUT2D eigenvalue weighted by Gasteiger charge is -2.29. The number of nitrogens with one attached hydrogen (secondary N) is 1. The second kappa shape index (κ2) is 8.25. The number of hydrogen-bond donors (Lipinski definition) is 1. The van der Waals surface area contributed by atoms with Crippen LogP contribution < -0.4 is 5.32 Å². The molecule has 0 radical (unpaired) electrons. The molecule has 144 valence electrons. The second-order valence-electron chi connectivity index (χ2n) is 7.00. The van der Waals surface area contributed by atoms with Crippen LogP contribution in [0.5, 0.6) is 0 Å². The van der Waals surface area contributed by atoms with Crippen LogP contribution in [0.15, 0.2) is 23.1 Å². The molecule has 2 aliphatic rings. The number of nitrogens with zero attached hydrogens (tertiary/aromatic N) is 1. The fraction of sp³-hybridized carbons (Fsp3) is 0.611. The Bertz CT molecular complexity index is 762. The largest absolute Gasteiger partial charge is 0.379 e. The van der Waals surface area contributed by atoms with Gasteiger partial charge < -0.3 is 10.1 Å². The zero-order valence-electron chi connectivity index (χ0n) is 14.9. The molecule has 0 unspecified atom stereocenters. The number of morpholine rings is 1. The predicted molar refractivity (Wildman–Crippen MR) is 99.9 cm³/mol. The highest BCUT2D eigenvalue weighted by Crippen LogP contribution is 2.26. The van der Waals surface area contributed by atoms with Gasteiger partial charge in [0.2, 0.25) is 10.0 Å². The number of benzene rings is 1. The van der Waals surface area contributed by atoms with Crippen molar-refractivity contribution in [2.24, 2.45) is 5.92 Å². The zero-order valence-corrected chi connectivity index (χ0v) is 16.5. The summed E-state index contributed by atoms with van der Waals surface area (Å²) in [7, 11) is -3.66. The number of sulfonamides is 1. The highest BCUT2D eigenvalue weighted by atomic mass is 35.5. The van der Waals surface area contributed by atoms with E-state index in [2.05, 4.69) is 12.2 Å². The summed E-state index contributed by atoms with van der Waals surface area (Å²) < 4.78 is 32.2. The number of rotatable bonds is 4. The first-order valence-electron chi connectivity index (χ1n) is 9.08. The van der Waals surface area contributed by atoms with Gasteiger partial charge in [0.1, 0.15) is 0 Å². The van der Waals surface area contributed by atoms with E-state index in [9.17, 15) is 13.2 Å². The zero-order chi connectivity index (χ0) is 18.7. The summed E-state index contributed by atoms with van der Waals surface area (Å²) in [4.78, 5) is 12.8. The van der Waals surface area contributed by atoms with Gasteiger partial charge in [0.15, 0.2) is 0 Å². The molecule has 1 aromatic carbocycles. The Morgan fingerprint density at radius 1 is 1.23 bits per heavy atom. The van der Waals surface area contributed by atoms with Crippen LogP contribution in [-0.4, -0.2) is 51.0 Å². The molecule has 1 heterocycles. The highest BCUT2D eigenvalue weighted by molar-refractivity contribution is 7.89. The van der Waals surface area contributed by atoms with Crippen molar-refractivity contribution >= 4 is 27.5 Å². The fourth-order valence-corrected chi connectivity index (χ4v) is 5.19. The Morgan fingerprint density at radius 2 is 1.92 bits per heavy atom. The number of halogens is 1. The maximum Gasteiger partial charge on any atom is 0.253 e.